The summed E-state index contributed by atoms with van der Waals surface area (Å²) in [7, 11) is 0. The summed E-state index contributed by atoms with van der Waals surface area (Å²) >= 11 is 0. The lowest BCUT2D eigenvalue weighted by Gasteiger charge is -2.21. The minimum atomic E-state index is -0.577. The Morgan fingerprint density at radius 2 is 1.69 bits per heavy atom. The van der Waals surface area contributed by atoms with Crippen molar-refractivity contribution in [2.24, 2.45) is 5.73 Å². The number of esters is 2. The van der Waals surface area contributed by atoms with E-state index in [4.69, 9.17) is 15.2 Å². The molecule has 35 heavy (non-hydrogen) atoms. The largest absolute Gasteiger partial charge is 0.465 e. The first-order chi connectivity index (χ1) is 16.4. The minimum Gasteiger partial charge on any atom is -0.465 e. The fourth-order valence-corrected chi connectivity index (χ4v) is 4.35. The van der Waals surface area contributed by atoms with Gasteiger partial charge in [0.2, 0.25) is 0 Å². The average molecular weight is 479 g/mol. The number of aromatic amines is 1. The van der Waals surface area contributed by atoms with E-state index in [9.17, 15) is 9.59 Å². The third kappa shape index (κ3) is 6.73. The fraction of sp³-hybridized carbons (Fsp3) is 0.448. The highest BCUT2D eigenvalue weighted by atomic mass is 16.6. The van der Waals surface area contributed by atoms with Crippen LogP contribution in [0.1, 0.15) is 81.7 Å². The molecule has 6 nitrogen and oxygen atoms in total. The van der Waals surface area contributed by atoms with Crippen LogP contribution in [0, 0.1) is 13.8 Å². The van der Waals surface area contributed by atoms with Gasteiger partial charge in [0.15, 0.2) is 0 Å². The number of nitrogens with one attached hydrogen (secondary N) is 1. The molecule has 1 aromatic heterocycles. The van der Waals surface area contributed by atoms with Gasteiger partial charge in [-0.15, -0.1) is 0 Å². The van der Waals surface area contributed by atoms with Crippen molar-refractivity contribution >= 4 is 22.8 Å². The Labute approximate surface area is 208 Å². The number of H-pyrrole nitrogens is 1. The van der Waals surface area contributed by atoms with Crippen molar-refractivity contribution in [1.82, 2.24) is 4.98 Å². The number of aryl methyl sites for hydroxylation is 2. The molecule has 0 aliphatic rings. The maximum Gasteiger partial charge on any atom is 0.308 e. The van der Waals surface area contributed by atoms with E-state index < -0.39 is 11.6 Å². The molecule has 0 bridgehead atoms. The summed E-state index contributed by atoms with van der Waals surface area (Å²) in [5.41, 5.74) is 13.2. The molecule has 2 aromatic carbocycles. The second-order valence-electron chi connectivity index (χ2n) is 10.4. The zero-order valence-corrected chi connectivity index (χ0v) is 22.0. The molecule has 0 saturated carbocycles. The number of aromatic nitrogens is 1. The fourth-order valence-electron chi connectivity index (χ4n) is 4.35. The molecule has 3 aromatic rings. The molecule has 2 atom stereocenters. The lowest BCUT2D eigenvalue weighted by Crippen LogP contribution is -2.26. The first-order valence-electron chi connectivity index (χ1n) is 12.2. The third-order valence-corrected chi connectivity index (χ3v) is 5.90. The average Bonchev–Trinajstić information content (AvgIpc) is 3.14. The molecular weight excluding hydrogens is 440 g/mol. The van der Waals surface area contributed by atoms with Gasteiger partial charge in [-0.05, 0) is 70.0 Å². The van der Waals surface area contributed by atoms with Gasteiger partial charge in [0.25, 0.3) is 0 Å². The molecule has 188 valence electrons. The van der Waals surface area contributed by atoms with Crippen LogP contribution in [0.15, 0.2) is 36.4 Å². The van der Waals surface area contributed by atoms with Gasteiger partial charge in [-0.3, -0.25) is 9.59 Å². The minimum absolute atomic E-state index is 0.0180. The molecule has 0 radical (unpaired) electrons. The van der Waals surface area contributed by atoms with E-state index in [1.54, 1.807) is 6.92 Å². The van der Waals surface area contributed by atoms with Crippen molar-refractivity contribution in [2.45, 2.75) is 78.9 Å². The van der Waals surface area contributed by atoms with E-state index in [2.05, 4.69) is 43.1 Å². The van der Waals surface area contributed by atoms with E-state index in [-0.39, 0.29) is 24.3 Å². The number of ether oxygens (including phenoxy) is 2. The normalized spacial score (nSPS) is 13.5. The number of fused-ring (bicyclic) bond motifs is 1. The predicted octanol–water partition coefficient (Wildman–Crippen LogP) is 6.24. The summed E-state index contributed by atoms with van der Waals surface area (Å²) in [6, 6.07) is 12.0. The topological polar surface area (TPSA) is 94.4 Å². The third-order valence-electron chi connectivity index (χ3n) is 5.90. The van der Waals surface area contributed by atoms with Gasteiger partial charge in [0.1, 0.15) is 5.60 Å². The maximum absolute atomic E-state index is 12.6. The molecule has 2 unspecified atom stereocenters. The van der Waals surface area contributed by atoms with Crippen LogP contribution in [0.2, 0.25) is 0 Å². The Morgan fingerprint density at radius 3 is 2.29 bits per heavy atom. The molecular formula is C29H38N2O4. The van der Waals surface area contributed by atoms with Crippen molar-refractivity contribution in [3.05, 3.63) is 58.7 Å². The SMILES string of the molecule is CCC(=O)OCC(C)c1ccc2[nH]c(-c3cc(C)cc(C)c3)c(C(N)CC(=O)OC(C)(C)C)c2c1. The summed E-state index contributed by atoms with van der Waals surface area (Å²) in [6.07, 6.45) is 0.419. The van der Waals surface area contributed by atoms with Gasteiger partial charge in [-0.2, -0.15) is 0 Å². The summed E-state index contributed by atoms with van der Waals surface area (Å²) in [6.45, 7) is 13.8. The second kappa shape index (κ2) is 10.6. The summed E-state index contributed by atoms with van der Waals surface area (Å²) in [4.78, 5) is 27.8. The van der Waals surface area contributed by atoms with E-state index in [0.717, 1.165) is 44.4 Å². The van der Waals surface area contributed by atoms with Crippen molar-refractivity contribution in [3.8, 4) is 11.3 Å². The van der Waals surface area contributed by atoms with Crippen molar-refractivity contribution in [3.63, 3.8) is 0 Å². The summed E-state index contributed by atoms with van der Waals surface area (Å²) in [5, 5.41) is 0.960. The van der Waals surface area contributed by atoms with Gasteiger partial charge >= 0.3 is 11.9 Å². The predicted molar refractivity (Wildman–Crippen MR) is 140 cm³/mol. The van der Waals surface area contributed by atoms with Gasteiger partial charge in [0, 0.05) is 34.8 Å². The standard InChI is InChI=1S/C29H38N2O4/c1-8-25(32)34-16-19(4)20-9-10-24-22(14-20)27(23(30)15-26(33)35-29(5,6)7)28(31-24)21-12-17(2)11-18(3)13-21/h9-14,19,23,31H,8,15-16,30H2,1-7H3. The molecule has 0 aliphatic heterocycles. The lowest BCUT2D eigenvalue weighted by molar-refractivity contribution is -0.155. The number of carbonyl (C=O) groups excluding carboxylic acids is 2. The molecule has 6 heteroatoms. The van der Waals surface area contributed by atoms with E-state index in [1.165, 1.54) is 0 Å². The Bertz CT molecular complexity index is 1200. The molecule has 3 rings (SSSR count). The summed E-state index contributed by atoms with van der Waals surface area (Å²) in [5.74, 6) is -0.525. The Hall–Kier alpha value is -3.12. The van der Waals surface area contributed by atoms with E-state index in [1.807, 2.05) is 39.8 Å². The Morgan fingerprint density at radius 1 is 1.03 bits per heavy atom. The van der Waals surface area contributed by atoms with Crippen molar-refractivity contribution in [2.75, 3.05) is 6.61 Å². The van der Waals surface area contributed by atoms with Crippen LogP contribution in [0.25, 0.3) is 22.2 Å². The van der Waals surface area contributed by atoms with Crippen molar-refractivity contribution < 1.29 is 19.1 Å². The lowest BCUT2D eigenvalue weighted by atomic mass is 9.93. The number of benzene rings is 2. The van der Waals surface area contributed by atoms with Gasteiger partial charge in [-0.25, -0.2) is 0 Å². The molecule has 1 heterocycles. The molecule has 0 spiro atoms. The molecule has 0 amide bonds. The molecule has 0 fully saturated rings. The zero-order valence-electron chi connectivity index (χ0n) is 22.0. The highest BCUT2D eigenvalue weighted by Crippen LogP contribution is 2.37. The monoisotopic (exact) mass is 478 g/mol. The van der Waals surface area contributed by atoms with Crippen LogP contribution < -0.4 is 5.73 Å². The molecule has 0 saturated heterocycles. The first-order valence-corrected chi connectivity index (χ1v) is 12.2. The molecule has 0 aliphatic carbocycles. The van der Waals surface area contributed by atoms with E-state index >= 15 is 0 Å². The van der Waals surface area contributed by atoms with E-state index in [0.29, 0.717) is 13.0 Å². The molecule has 3 N–H and O–H groups in total. The van der Waals surface area contributed by atoms with Crippen LogP contribution in [0.5, 0.6) is 0 Å². The zero-order chi connectivity index (χ0) is 25.9. The Kier molecular flexibility index (Phi) is 8.06. The van der Waals surface area contributed by atoms with Crippen LogP contribution in [-0.4, -0.2) is 29.1 Å². The quantitative estimate of drug-likeness (QED) is 0.374. The number of carbonyl (C=O) groups is 2. The number of hydrogen-bond acceptors (Lipinski definition) is 5. The summed E-state index contributed by atoms with van der Waals surface area (Å²) < 4.78 is 10.9. The van der Waals surface area contributed by atoms with Crippen molar-refractivity contribution in [1.29, 1.82) is 0 Å². The first kappa shape index (κ1) is 26.5. The number of hydrogen-bond donors (Lipinski definition) is 2. The number of nitrogens with two attached hydrogens (primary N) is 1. The Balaban J connectivity index is 2.08. The second-order valence-corrected chi connectivity index (χ2v) is 10.4. The van der Waals surface area contributed by atoms with Gasteiger partial charge < -0.3 is 20.2 Å². The maximum atomic E-state index is 12.6. The number of rotatable bonds is 8. The van der Waals surface area contributed by atoms with Gasteiger partial charge in [-0.1, -0.05) is 37.1 Å². The van der Waals surface area contributed by atoms with Gasteiger partial charge in [0.05, 0.1) is 18.7 Å². The van der Waals surface area contributed by atoms with Crippen LogP contribution in [0.4, 0.5) is 0 Å². The van der Waals surface area contributed by atoms with Crippen LogP contribution in [0.3, 0.4) is 0 Å². The van der Waals surface area contributed by atoms with Crippen LogP contribution in [-0.2, 0) is 19.1 Å². The highest BCUT2D eigenvalue weighted by molar-refractivity contribution is 5.92. The smallest absolute Gasteiger partial charge is 0.308 e. The van der Waals surface area contributed by atoms with Crippen LogP contribution >= 0.6 is 0 Å². The highest BCUT2D eigenvalue weighted by Gasteiger charge is 2.25.